The van der Waals surface area contributed by atoms with Gasteiger partial charge in [-0.15, -0.1) is 0 Å². The van der Waals surface area contributed by atoms with E-state index in [1.54, 1.807) is 32.2 Å². The average molecular weight is 398 g/mol. The molecule has 3 amide bonds. The zero-order valence-corrected chi connectivity index (χ0v) is 17.2. The lowest BCUT2D eigenvalue weighted by Gasteiger charge is -2.23. The first-order valence-corrected chi connectivity index (χ1v) is 9.54. The molecule has 1 heterocycles. The molecule has 1 N–H and O–H groups in total. The molecule has 0 saturated carbocycles. The van der Waals surface area contributed by atoms with Crippen LogP contribution in [0.25, 0.3) is 0 Å². The van der Waals surface area contributed by atoms with Gasteiger partial charge >= 0.3 is 6.03 Å². The average Bonchev–Trinajstić information content (AvgIpc) is 2.93. The highest BCUT2D eigenvalue weighted by Crippen LogP contribution is 2.32. The van der Waals surface area contributed by atoms with E-state index >= 15 is 0 Å². The number of aryl methyl sites for hydroxylation is 1. The number of hydrogen-bond acceptors (Lipinski definition) is 5. The highest BCUT2D eigenvalue weighted by Gasteiger charge is 2.48. The Labute approximate surface area is 170 Å². The highest BCUT2D eigenvalue weighted by atomic mass is 16.5. The van der Waals surface area contributed by atoms with Crippen LogP contribution in [0.15, 0.2) is 42.5 Å². The van der Waals surface area contributed by atoms with Crippen LogP contribution in [0.5, 0.6) is 17.2 Å². The van der Waals surface area contributed by atoms with E-state index in [9.17, 15) is 9.59 Å². The predicted molar refractivity (Wildman–Crippen MR) is 108 cm³/mol. The fourth-order valence-electron chi connectivity index (χ4n) is 3.38. The molecular weight excluding hydrogens is 372 g/mol. The van der Waals surface area contributed by atoms with Crippen LogP contribution in [-0.4, -0.2) is 43.7 Å². The Morgan fingerprint density at radius 1 is 1.03 bits per heavy atom. The van der Waals surface area contributed by atoms with Crippen molar-refractivity contribution in [3.05, 3.63) is 53.6 Å². The molecule has 154 valence electrons. The molecule has 1 aliphatic heterocycles. The minimum Gasteiger partial charge on any atom is -0.496 e. The van der Waals surface area contributed by atoms with Gasteiger partial charge in [-0.05, 0) is 56.2 Å². The molecule has 7 nitrogen and oxygen atoms in total. The summed E-state index contributed by atoms with van der Waals surface area (Å²) in [6.07, 6.45) is 0. The van der Waals surface area contributed by atoms with Gasteiger partial charge in [0.25, 0.3) is 5.91 Å². The zero-order chi connectivity index (χ0) is 21.0. The van der Waals surface area contributed by atoms with Gasteiger partial charge < -0.3 is 19.5 Å². The molecule has 2 aromatic carbocycles. The minimum atomic E-state index is -1.13. The van der Waals surface area contributed by atoms with E-state index in [0.29, 0.717) is 23.7 Å². The van der Waals surface area contributed by atoms with E-state index in [2.05, 4.69) is 5.32 Å². The van der Waals surface area contributed by atoms with Gasteiger partial charge in [0, 0.05) is 0 Å². The first-order chi connectivity index (χ1) is 13.9. The molecule has 0 radical (unpaired) electrons. The van der Waals surface area contributed by atoms with E-state index in [1.165, 1.54) is 4.90 Å². The summed E-state index contributed by atoms with van der Waals surface area (Å²) >= 11 is 0. The third-order valence-electron chi connectivity index (χ3n) is 4.97. The number of nitrogens with zero attached hydrogens (tertiary/aromatic N) is 1. The lowest BCUT2D eigenvalue weighted by molar-refractivity contribution is -0.131. The quantitative estimate of drug-likeness (QED) is 0.691. The molecule has 2 aromatic rings. The van der Waals surface area contributed by atoms with Crippen LogP contribution < -0.4 is 19.5 Å². The van der Waals surface area contributed by atoms with Crippen LogP contribution in [0.4, 0.5) is 4.79 Å². The van der Waals surface area contributed by atoms with Gasteiger partial charge in [-0.1, -0.05) is 18.2 Å². The third-order valence-corrected chi connectivity index (χ3v) is 4.97. The van der Waals surface area contributed by atoms with Crippen LogP contribution in [0.1, 0.15) is 25.0 Å². The molecule has 3 rings (SSSR count). The van der Waals surface area contributed by atoms with Crippen molar-refractivity contribution in [2.75, 3.05) is 26.9 Å². The van der Waals surface area contributed by atoms with Crippen molar-refractivity contribution < 1.29 is 23.8 Å². The number of ether oxygens (including phenoxy) is 3. The van der Waals surface area contributed by atoms with Crippen LogP contribution in [-0.2, 0) is 10.3 Å². The molecule has 1 aliphatic rings. The molecule has 7 heteroatoms. The van der Waals surface area contributed by atoms with Crippen LogP contribution >= 0.6 is 0 Å². The number of benzene rings is 2. The molecule has 0 spiro atoms. The Morgan fingerprint density at radius 2 is 1.72 bits per heavy atom. The van der Waals surface area contributed by atoms with Crippen molar-refractivity contribution in [2.24, 2.45) is 0 Å². The zero-order valence-electron chi connectivity index (χ0n) is 17.2. The van der Waals surface area contributed by atoms with Gasteiger partial charge in [-0.2, -0.15) is 0 Å². The number of carbonyl (C=O) groups is 2. The lowest BCUT2D eigenvalue weighted by Crippen LogP contribution is -2.41. The van der Waals surface area contributed by atoms with Crippen molar-refractivity contribution in [1.82, 2.24) is 10.2 Å². The molecule has 29 heavy (non-hydrogen) atoms. The van der Waals surface area contributed by atoms with E-state index < -0.39 is 11.6 Å². The van der Waals surface area contributed by atoms with Gasteiger partial charge in [-0.25, -0.2) is 4.79 Å². The molecule has 0 aromatic heterocycles. The van der Waals surface area contributed by atoms with Gasteiger partial charge in [0.1, 0.15) is 17.9 Å². The summed E-state index contributed by atoms with van der Waals surface area (Å²) in [7, 11) is 1.59. The molecule has 1 unspecified atom stereocenters. The largest absolute Gasteiger partial charge is 0.496 e. The number of hydrogen-bond donors (Lipinski definition) is 1. The number of carbonyl (C=O) groups excluding carboxylic acids is 2. The third kappa shape index (κ3) is 3.99. The number of rotatable bonds is 8. The van der Waals surface area contributed by atoms with E-state index in [4.69, 9.17) is 14.2 Å². The summed E-state index contributed by atoms with van der Waals surface area (Å²) < 4.78 is 16.6. The van der Waals surface area contributed by atoms with E-state index in [1.807, 2.05) is 38.1 Å². The summed E-state index contributed by atoms with van der Waals surface area (Å²) in [4.78, 5) is 26.7. The second-order valence-electron chi connectivity index (χ2n) is 6.92. The standard InChI is InChI=1S/C22H26N2O5/c1-5-28-18-8-6-7-9-19(18)29-13-12-24-20(25)22(3,23-21(24)26)16-10-11-17(27-4)15(2)14-16/h6-11,14H,5,12-13H2,1-4H3,(H,23,26). The van der Waals surface area contributed by atoms with Crippen LogP contribution in [0, 0.1) is 6.92 Å². The first-order valence-electron chi connectivity index (χ1n) is 9.54. The number of urea groups is 1. The Morgan fingerprint density at radius 3 is 2.34 bits per heavy atom. The SMILES string of the molecule is CCOc1ccccc1OCCN1C(=O)NC(C)(c2ccc(OC)c(C)c2)C1=O. The van der Waals surface area contributed by atoms with Gasteiger partial charge in [0.15, 0.2) is 11.5 Å². The first kappa shape index (κ1) is 20.5. The fraction of sp³-hybridized carbons (Fsp3) is 0.364. The molecule has 1 saturated heterocycles. The summed E-state index contributed by atoms with van der Waals surface area (Å²) in [5.74, 6) is 1.63. The Balaban J connectivity index is 1.70. The van der Waals surface area contributed by atoms with Crippen molar-refractivity contribution >= 4 is 11.9 Å². The number of para-hydroxylation sites is 2. The number of methoxy groups -OCH3 is 1. The van der Waals surface area contributed by atoms with Gasteiger partial charge in [0.05, 0.1) is 20.3 Å². The molecule has 1 fully saturated rings. The van der Waals surface area contributed by atoms with Gasteiger partial charge in [0.2, 0.25) is 0 Å². The number of imide groups is 1. The summed E-state index contributed by atoms with van der Waals surface area (Å²) in [6.45, 7) is 6.32. The topological polar surface area (TPSA) is 77.1 Å². The second kappa shape index (κ2) is 8.43. The molecule has 0 aliphatic carbocycles. The lowest BCUT2D eigenvalue weighted by atomic mass is 9.90. The fourth-order valence-corrected chi connectivity index (χ4v) is 3.38. The smallest absolute Gasteiger partial charge is 0.325 e. The minimum absolute atomic E-state index is 0.135. The summed E-state index contributed by atoms with van der Waals surface area (Å²) in [5.41, 5.74) is 0.471. The van der Waals surface area contributed by atoms with Crippen LogP contribution in [0.3, 0.4) is 0 Å². The van der Waals surface area contributed by atoms with Crippen molar-refractivity contribution in [1.29, 1.82) is 0 Å². The Kier molecular flexibility index (Phi) is 5.96. The Bertz CT molecular complexity index is 914. The van der Waals surface area contributed by atoms with Crippen molar-refractivity contribution in [2.45, 2.75) is 26.3 Å². The molecule has 0 bridgehead atoms. The summed E-state index contributed by atoms with van der Waals surface area (Å²) in [6, 6.07) is 12.3. The van der Waals surface area contributed by atoms with Crippen molar-refractivity contribution in [3.8, 4) is 17.2 Å². The predicted octanol–water partition coefficient (Wildman–Crippen LogP) is 3.25. The monoisotopic (exact) mass is 398 g/mol. The maximum Gasteiger partial charge on any atom is 0.325 e. The maximum absolute atomic E-state index is 13.0. The number of amides is 3. The second-order valence-corrected chi connectivity index (χ2v) is 6.92. The Hall–Kier alpha value is -3.22. The molecular formula is C22H26N2O5. The maximum atomic E-state index is 13.0. The van der Waals surface area contributed by atoms with Crippen LogP contribution in [0.2, 0.25) is 0 Å². The van der Waals surface area contributed by atoms with E-state index in [-0.39, 0.29) is 19.1 Å². The highest BCUT2D eigenvalue weighted by molar-refractivity contribution is 6.07. The molecule has 1 atom stereocenters. The normalized spacial score (nSPS) is 18.6. The summed E-state index contributed by atoms with van der Waals surface area (Å²) in [5, 5.41) is 2.81. The van der Waals surface area contributed by atoms with Crippen molar-refractivity contribution in [3.63, 3.8) is 0 Å². The van der Waals surface area contributed by atoms with Gasteiger partial charge in [-0.3, -0.25) is 9.69 Å². The number of nitrogens with one attached hydrogen (secondary N) is 1. The van der Waals surface area contributed by atoms with E-state index in [0.717, 1.165) is 11.3 Å².